The van der Waals surface area contributed by atoms with Gasteiger partial charge in [-0.15, -0.1) is 0 Å². The maximum absolute atomic E-state index is 13.0. The molecule has 2 aromatic rings. The van der Waals surface area contributed by atoms with Crippen LogP contribution in [0, 0.1) is 5.82 Å². The molecular weight excluding hydrogens is 283 g/mol. The van der Waals surface area contributed by atoms with Crippen molar-refractivity contribution in [3.05, 3.63) is 48.5 Å². The summed E-state index contributed by atoms with van der Waals surface area (Å²) in [5.41, 5.74) is 0.482. The first-order valence-corrected chi connectivity index (χ1v) is 7.40. The Morgan fingerprint density at radius 3 is 3.00 bits per heavy atom. The fourth-order valence-corrected chi connectivity index (χ4v) is 2.15. The molecule has 0 unspecified atom stereocenters. The molecular formula is C16H21FN4O. The lowest BCUT2D eigenvalue weighted by Crippen LogP contribution is -2.31. The second-order valence-electron chi connectivity index (χ2n) is 5.24. The van der Waals surface area contributed by atoms with Gasteiger partial charge in [-0.2, -0.15) is 5.10 Å². The molecule has 1 heterocycles. The van der Waals surface area contributed by atoms with Crippen molar-refractivity contribution in [3.63, 3.8) is 0 Å². The molecule has 0 bridgehead atoms. The summed E-state index contributed by atoms with van der Waals surface area (Å²) in [5, 5.41) is 10.1. The lowest BCUT2D eigenvalue weighted by molar-refractivity contribution is -0.116. The number of aromatic nitrogens is 2. The van der Waals surface area contributed by atoms with E-state index in [1.165, 1.54) is 12.1 Å². The zero-order valence-corrected chi connectivity index (χ0v) is 12.6. The van der Waals surface area contributed by atoms with Crippen molar-refractivity contribution in [1.29, 1.82) is 0 Å². The summed E-state index contributed by atoms with van der Waals surface area (Å²) in [6, 6.07) is 7.85. The number of aryl methyl sites for hydroxylation is 1. The highest BCUT2D eigenvalue weighted by Gasteiger charge is 2.09. The van der Waals surface area contributed by atoms with Crippen LogP contribution in [0.1, 0.15) is 19.8 Å². The van der Waals surface area contributed by atoms with Gasteiger partial charge in [-0.05, 0) is 44.2 Å². The number of nitrogens with zero attached hydrogens (tertiary/aromatic N) is 2. The molecule has 0 radical (unpaired) electrons. The molecule has 22 heavy (non-hydrogen) atoms. The lowest BCUT2D eigenvalue weighted by atomic mass is 10.2. The molecule has 1 amide bonds. The zero-order valence-electron chi connectivity index (χ0n) is 12.6. The minimum atomic E-state index is -0.359. The molecule has 0 aliphatic carbocycles. The molecule has 0 fully saturated rings. The second kappa shape index (κ2) is 8.29. The van der Waals surface area contributed by atoms with Gasteiger partial charge in [-0.3, -0.25) is 9.48 Å². The summed E-state index contributed by atoms with van der Waals surface area (Å²) in [6.45, 7) is 3.62. The highest BCUT2D eigenvalue weighted by Crippen LogP contribution is 2.09. The molecule has 1 aromatic carbocycles. The van der Waals surface area contributed by atoms with Gasteiger partial charge in [-0.1, -0.05) is 6.07 Å². The topological polar surface area (TPSA) is 59.0 Å². The Morgan fingerprint density at radius 1 is 1.41 bits per heavy atom. The van der Waals surface area contributed by atoms with Crippen LogP contribution in [0.2, 0.25) is 0 Å². The van der Waals surface area contributed by atoms with E-state index < -0.39 is 0 Å². The van der Waals surface area contributed by atoms with Crippen LogP contribution in [0.25, 0.3) is 0 Å². The molecule has 0 aliphatic heterocycles. The van der Waals surface area contributed by atoms with E-state index in [9.17, 15) is 9.18 Å². The first kappa shape index (κ1) is 16.2. The van der Waals surface area contributed by atoms with Gasteiger partial charge >= 0.3 is 0 Å². The van der Waals surface area contributed by atoms with Gasteiger partial charge in [0.25, 0.3) is 0 Å². The van der Waals surface area contributed by atoms with Crippen molar-refractivity contribution in [2.45, 2.75) is 32.4 Å². The third-order valence-electron chi connectivity index (χ3n) is 3.22. The van der Waals surface area contributed by atoms with Crippen LogP contribution in [-0.4, -0.2) is 28.3 Å². The third kappa shape index (κ3) is 5.65. The summed E-state index contributed by atoms with van der Waals surface area (Å²) in [5.74, 6) is -0.486. The molecule has 0 spiro atoms. The average molecular weight is 304 g/mol. The SMILES string of the molecule is C[C@@H](CC(=O)Nc1cccc(F)c1)NCCCn1cccn1. The highest BCUT2D eigenvalue weighted by molar-refractivity contribution is 5.91. The van der Waals surface area contributed by atoms with E-state index in [4.69, 9.17) is 0 Å². The smallest absolute Gasteiger partial charge is 0.225 e. The van der Waals surface area contributed by atoms with E-state index in [-0.39, 0.29) is 17.8 Å². The van der Waals surface area contributed by atoms with Gasteiger partial charge in [0.2, 0.25) is 5.91 Å². The van der Waals surface area contributed by atoms with Gasteiger partial charge in [-0.25, -0.2) is 4.39 Å². The van der Waals surface area contributed by atoms with E-state index in [1.807, 2.05) is 23.9 Å². The molecule has 0 saturated heterocycles. The summed E-state index contributed by atoms with van der Waals surface area (Å²) in [4.78, 5) is 11.9. The normalized spacial score (nSPS) is 12.1. The molecule has 6 heteroatoms. The summed E-state index contributed by atoms with van der Waals surface area (Å²) in [7, 11) is 0. The number of halogens is 1. The summed E-state index contributed by atoms with van der Waals surface area (Å²) >= 11 is 0. The largest absolute Gasteiger partial charge is 0.326 e. The van der Waals surface area contributed by atoms with Gasteiger partial charge in [0, 0.05) is 37.1 Å². The van der Waals surface area contributed by atoms with Crippen LogP contribution in [0.3, 0.4) is 0 Å². The van der Waals surface area contributed by atoms with Crippen molar-refractivity contribution in [2.24, 2.45) is 0 Å². The van der Waals surface area contributed by atoms with Crippen molar-refractivity contribution in [3.8, 4) is 0 Å². The number of carbonyl (C=O) groups excluding carboxylic acids is 1. The molecule has 0 saturated carbocycles. The molecule has 0 aliphatic rings. The minimum Gasteiger partial charge on any atom is -0.326 e. The first-order chi connectivity index (χ1) is 10.6. The summed E-state index contributed by atoms with van der Waals surface area (Å²) in [6.07, 6.45) is 4.97. The van der Waals surface area contributed by atoms with Crippen molar-refractivity contribution >= 4 is 11.6 Å². The molecule has 1 atom stereocenters. The van der Waals surface area contributed by atoms with Gasteiger partial charge in [0.1, 0.15) is 5.82 Å². The Labute approximate surface area is 129 Å². The molecule has 118 valence electrons. The van der Waals surface area contributed by atoms with Crippen LogP contribution >= 0.6 is 0 Å². The number of amides is 1. The van der Waals surface area contributed by atoms with E-state index in [0.29, 0.717) is 12.1 Å². The second-order valence-corrected chi connectivity index (χ2v) is 5.24. The maximum Gasteiger partial charge on any atom is 0.225 e. The van der Waals surface area contributed by atoms with Crippen molar-refractivity contribution < 1.29 is 9.18 Å². The maximum atomic E-state index is 13.0. The predicted octanol–water partition coefficient (Wildman–Crippen LogP) is 2.42. The van der Waals surface area contributed by atoms with Crippen molar-refractivity contribution in [2.75, 3.05) is 11.9 Å². The summed E-state index contributed by atoms with van der Waals surface area (Å²) < 4.78 is 14.9. The highest BCUT2D eigenvalue weighted by atomic mass is 19.1. The Hall–Kier alpha value is -2.21. The van der Waals surface area contributed by atoms with Gasteiger partial charge in [0.15, 0.2) is 0 Å². The number of rotatable bonds is 8. The Morgan fingerprint density at radius 2 is 2.27 bits per heavy atom. The molecule has 1 aromatic heterocycles. The Kier molecular flexibility index (Phi) is 6.09. The molecule has 2 rings (SSSR count). The van der Waals surface area contributed by atoms with Gasteiger partial charge < -0.3 is 10.6 Å². The van der Waals surface area contributed by atoms with E-state index in [1.54, 1.807) is 18.3 Å². The number of anilines is 1. The van der Waals surface area contributed by atoms with Crippen LogP contribution in [0.15, 0.2) is 42.7 Å². The fourth-order valence-electron chi connectivity index (χ4n) is 2.15. The number of hydrogen-bond donors (Lipinski definition) is 2. The standard InChI is InChI=1S/C16H21FN4O/c1-13(18-7-3-9-21-10-4-8-19-21)11-16(22)20-15-6-2-5-14(17)12-15/h2,4-6,8,10,12-13,18H,3,7,9,11H2,1H3,(H,20,22)/t13-/m0/s1. The van der Waals surface area contributed by atoms with Crippen LogP contribution in [-0.2, 0) is 11.3 Å². The Bertz CT molecular complexity index is 586. The molecule has 2 N–H and O–H groups in total. The first-order valence-electron chi connectivity index (χ1n) is 7.40. The lowest BCUT2D eigenvalue weighted by Gasteiger charge is -2.13. The van der Waals surface area contributed by atoms with Crippen molar-refractivity contribution in [1.82, 2.24) is 15.1 Å². The van der Waals surface area contributed by atoms with Crippen LogP contribution < -0.4 is 10.6 Å². The van der Waals surface area contributed by atoms with E-state index in [2.05, 4.69) is 15.7 Å². The average Bonchev–Trinajstić information content (AvgIpc) is 2.96. The number of hydrogen-bond acceptors (Lipinski definition) is 3. The number of nitrogens with one attached hydrogen (secondary N) is 2. The number of benzene rings is 1. The minimum absolute atomic E-state index is 0.0613. The van der Waals surface area contributed by atoms with E-state index in [0.717, 1.165) is 19.5 Å². The monoisotopic (exact) mass is 304 g/mol. The Balaban J connectivity index is 1.63. The van der Waals surface area contributed by atoms with Gasteiger partial charge in [0.05, 0.1) is 0 Å². The zero-order chi connectivity index (χ0) is 15.8. The molecule has 5 nitrogen and oxygen atoms in total. The third-order valence-corrected chi connectivity index (χ3v) is 3.22. The fraction of sp³-hybridized carbons (Fsp3) is 0.375. The quantitative estimate of drug-likeness (QED) is 0.736. The van der Waals surface area contributed by atoms with Crippen LogP contribution in [0.4, 0.5) is 10.1 Å². The predicted molar refractivity (Wildman–Crippen MR) is 84.0 cm³/mol. The van der Waals surface area contributed by atoms with E-state index >= 15 is 0 Å². The van der Waals surface area contributed by atoms with Crippen LogP contribution in [0.5, 0.6) is 0 Å². The number of carbonyl (C=O) groups is 1.